The fraction of sp³-hybridized carbons (Fsp3) is 0.455. The molecule has 4 heteroatoms. The Balaban J connectivity index is 2.43. The van der Waals surface area contributed by atoms with E-state index in [4.69, 9.17) is 0 Å². The maximum Gasteiger partial charge on any atom is 0.234 e. The van der Waals surface area contributed by atoms with Crippen LogP contribution >= 0.6 is 15.9 Å². The van der Waals surface area contributed by atoms with Crippen LogP contribution in [0.15, 0.2) is 18.3 Å². The highest BCUT2D eigenvalue weighted by Gasteiger charge is 2.11. The van der Waals surface area contributed by atoms with Crippen LogP contribution in [0.5, 0.6) is 0 Å². The molecule has 0 aliphatic carbocycles. The summed E-state index contributed by atoms with van der Waals surface area (Å²) in [6, 6.07) is 3.91. The van der Waals surface area contributed by atoms with Gasteiger partial charge in [0.15, 0.2) is 0 Å². The van der Waals surface area contributed by atoms with Crippen molar-refractivity contribution in [1.29, 1.82) is 0 Å². The van der Waals surface area contributed by atoms with Crippen LogP contribution in [-0.4, -0.2) is 15.7 Å². The number of aryl methyl sites for hydroxylation is 1. The zero-order valence-corrected chi connectivity index (χ0v) is 10.5. The minimum Gasteiger partial charge on any atom is -0.351 e. The molecule has 1 atom stereocenters. The molecule has 0 aromatic carbocycles. The number of hydrogen-bond acceptors (Lipinski definition) is 2. The second-order valence-electron chi connectivity index (χ2n) is 3.40. The van der Waals surface area contributed by atoms with Crippen molar-refractivity contribution < 1.29 is 4.79 Å². The highest BCUT2D eigenvalue weighted by molar-refractivity contribution is 9.10. The van der Waals surface area contributed by atoms with Crippen LogP contribution in [0.2, 0.25) is 0 Å². The molecule has 0 aliphatic heterocycles. The molecule has 1 heterocycles. The molecule has 3 nitrogen and oxygen atoms in total. The molecule has 0 spiro atoms. The Hall–Kier alpha value is -0.900. The fourth-order valence-electron chi connectivity index (χ4n) is 1.09. The molecule has 1 rings (SSSR count). The molecule has 1 aromatic rings. The molecule has 1 N–H and O–H groups in total. The zero-order valence-electron chi connectivity index (χ0n) is 8.96. The molecular formula is C11H15BrN2O. The van der Waals surface area contributed by atoms with Gasteiger partial charge in [-0.05, 0) is 25.0 Å². The van der Waals surface area contributed by atoms with Gasteiger partial charge in [0.2, 0.25) is 5.91 Å². The van der Waals surface area contributed by atoms with Gasteiger partial charge in [-0.25, -0.2) is 0 Å². The van der Waals surface area contributed by atoms with E-state index in [-0.39, 0.29) is 10.7 Å². The lowest BCUT2D eigenvalue weighted by Crippen LogP contribution is -2.30. The Morgan fingerprint density at radius 3 is 2.87 bits per heavy atom. The van der Waals surface area contributed by atoms with Crippen molar-refractivity contribution in [2.45, 2.75) is 31.6 Å². The van der Waals surface area contributed by atoms with E-state index in [1.807, 2.05) is 26.0 Å². The van der Waals surface area contributed by atoms with Crippen LogP contribution in [0.4, 0.5) is 0 Å². The number of carbonyl (C=O) groups excluding carboxylic acids is 1. The summed E-state index contributed by atoms with van der Waals surface area (Å²) in [5.74, 6) is 0.0260. The number of carbonyl (C=O) groups is 1. The summed E-state index contributed by atoms with van der Waals surface area (Å²) >= 11 is 3.30. The third kappa shape index (κ3) is 4.00. The first-order valence-corrected chi connectivity index (χ1v) is 5.88. The molecule has 0 bridgehead atoms. The van der Waals surface area contributed by atoms with Gasteiger partial charge in [0.25, 0.3) is 0 Å². The summed E-state index contributed by atoms with van der Waals surface area (Å²) in [4.78, 5) is 15.5. The van der Waals surface area contributed by atoms with Gasteiger partial charge in [-0.2, -0.15) is 0 Å². The van der Waals surface area contributed by atoms with Gasteiger partial charge >= 0.3 is 0 Å². The largest absolute Gasteiger partial charge is 0.351 e. The quantitative estimate of drug-likeness (QED) is 0.853. The molecule has 82 valence electrons. The monoisotopic (exact) mass is 270 g/mol. The molecule has 0 saturated heterocycles. The van der Waals surface area contributed by atoms with E-state index in [9.17, 15) is 4.79 Å². The van der Waals surface area contributed by atoms with Crippen LogP contribution in [0.25, 0.3) is 0 Å². The lowest BCUT2D eigenvalue weighted by molar-refractivity contribution is -0.120. The van der Waals surface area contributed by atoms with Crippen molar-refractivity contribution in [2.75, 3.05) is 0 Å². The zero-order chi connectivity index (χ0) is 11.3. The lowest BCUT2D eigenvalue weighted by Gasteiger charge is -2.08. The average Bonchev–Trinajstić information content (AvgIpc) is 2.26. The first kappa shape index (κ1) is 12.2. The van der Waals surface area contributed by atoms with E-state index in [1.165, 1.54) is 0 Å². The van der Waals surface area contributed by atoms with E-state index in [0.717, 1.165) is 17.7 Å². The number of nitrogens with one attached hydrogen (secondary N) is 1. The predicted molar refractivity (Wildman–Crippen MR) is 63.8 cm³/mol. The Labute approximate surface area is 98.4 Å². The molecule has 1 amide bonds. The van der Waals surface area contributed by atoms with Crippen LogP contribution < -0.4 is 5.32 Å². The number of amides is 1. The fourth-order valence-corrected chi connectivity index (χ4v) is 1.25. The SMILES string of the molecule is CCC(Br)C(=O)NCc1ccc(C)nc1. The molecule has 0 radical (unpaired) electrons. The number of halogens is 1. The lowest BCUT2D eigenvalue weighted by atomic mass is 10.2. The third-order valence-electron chi connectivity index (χ3n) is 2.08. The topological polar surface area (TPSA) is 42.0 Å². The van der Waals surface area contributed by atoms with Gasteiger partial charge in [0.05, 0.1) is 4.83 Å². The van der Waals surface area contributed by atoms with Crippen molar-refractivity contribution in [1.82, 2.24) is 10.3 Å². The molecule has 0 aliphatic rings. The highest BCUT2D eigenvalue weighted by Crippen LogP contribution is 2.05. The number of nitrogens with zero attached hydrogens (tertiary/aromatic N) is 1. The molecule has 1 aromatic heterocycles. The van der Waals surface area contributed by atoms with Crippen LogP contribution in [-0.2, 0) is 11.3 Å². The first-order valence-electron chi connectivity index (χ1n) is 4.96. The first-order chi connectivity index (χ1) is 7.13. The van der Waals surface area contributed by atoms with Gasteiger partial charge in [-0.1, -0.05) is 28.9 Å². The van der Waals surface area contributed by atoms with Crippen molar-refractivity contribution in [3.63, 3.8) is 0 Å². The maximum absolute atomic E-state index is 11.4. The number of rotatable bonds is 4. The number of aromatic nitrogens is 1. The van der Waals surface area contributed by atoms with Gasteiger partial charge in [-0.15, -0.1) is 0 Å². The standard InChI is InChI=1S/C11H15BrN2O/c1-3-10(12)11(15)14-7-9-5-4-8(2)13-6-9/h4-6,10H,3,7H2,1-2H3,(H,14,15). The average molecular weight is 271 g/mol. The predicted octanol–water partition coefficient (Wildman–Crippen LogP) is 2.18. The van der Waals surface area contributed by atoms with Crippen molar-refractivity contribution >= 4 is 21.8 Å². The highest BCUT2D eigenvalue weighted by atomic mass is 79.9. The third-order valence-corrected chi connectivity index (χ3v) is 3.15. The molecule has 1 unspecified atom stereocenters. The second-order valence-corrected chi connectivity index (χ2v) is 4.51. The summed E-state index contributed by atoms with van der Waals surface area (Å²) in [7, 11) is 0. The molecule has 0 saturated carbocycles. The summed E-state index contributed by atoms with van der Waals surface area (Å²) in [5, 5.41) is 2.84. The van der Waals surface area contributed by atoms with Gasteiger partial charge in [-0.3, -0.25) is 9.78 Å². The summed E-state index contributed by atoms with van der Waals surface area (Å²) in [6.07, 6.45) is 2.57. The van der Waals surface area contributed by atoms with Crippen LogP contribution in [0.3, 0.4) is 0 Å². The molecule has 15 heavy (non-hydrogen) atoms. The maximum atomic E-state index is 11.4. The van der Waals surface area contributed by atoms with Crippen LogP contribution in [0.1, 0.15) is 24.6 Å². The smallest absolute Gasteiger partial charge is 0.234 e. The second kappa shape index (κ2) is 5.85. The molecule has 0 fully saturated rings. The van der Waals surface area contributed by atoms with Crippen molar-refractivity contribution in [3.05, 3.63) is 29.6 Å². The Kier molecular flexibility index (Phi) is 4.75. The molecular weight excluding hydrogens is 256 g/mol. The van der Waals surface area contributed by atoms with Crippen molar-refractivity contribution in [3.8, 4) is 0 Å². The van der Waals surface area contributed by atoms with Gasteiger partial charge in [0, 0.05) is 18.4 Å². The Bertz CT molecular complexity index is 324. The van der Waals surface area contributed by atoms with E-state index >= 15 is 0 Å². The van der Waals surface area contributed by atoms with E-state index < -0.39 is 0 Å². The van der Waals surface area contributed by atoms with Gasteiger partial charge < -0.3 is 5.32 Å². The minimum atomic E-state index is -0.101. The summed E-state index contributed by atoms with van der Waals surface area (Å²) in [5.41, 5.74) is 2.00. The Morgan fingerprint density at radius 1 is 1.60 bits per heavy atom. The summed E-state index contributed by atoms with van der Waals surface area (Å²) in [6.45, 7) is 4.44. The number of alkyl halides is 1. The minimum absolute atomic E-state index is 0.0260. The number of hydrogen-bond donors (Lipinski definition) is 1. The van der Waals surface area contributed by atoms with E-state index in [1.54, 1.807) is 6.20 Å². The number of pyridine rings is 1. The van der Waals surface area contributed by atoms with Crippen molar-refractivity contribution in [2.24, 2.45) is 0 Å². The van der Waals surface area contributed by atoms with E-state index in [2.05, 4.69) is 26.2 Å². The Morgan fingerprint density at radius 2 is 2.33 bits per heavy atom. The van der Waals surface area contributed by atoms with E-state index in [0.29, 0.717) is 6.54 Å². The summed E-state index contributed by atoms with van der Waals surface area (Å²) < 4.78 is 0. The van der Waals surface area contributed by atoms with Gasteiger partial charge in [0.1, 0.15) is 0 Å². The van der Waals surface area contributed by atoms with Crippen LogP contribution in [0, 0.1) is 6.92 Å². The normalized spacial score (nSPS) is 12.2.